The van der Waals surface area contributed by atoms with E-state index < -0.39 is 29.4 Å². The second-order valence-electron chi connectivity index (χ2n) is 5.53. The molecule has 0 saturated carbocycles. The third-order valence-corrected chi connectivity index (χ3v) is 2.84. The van der Waals surface area contributed by atoms with Gasteiger partial charge in [-0.2, -0.15) is 0 Å². The highest BCUT2D eigenvalue weighted by Gasteiger charge is 2.33. The molecular weight excluding hydrogens is 244 g/mol. The highest BCUT2D eigenvalue weighted by atomic mass is 16.4. The molecule has 0 aliphatic carbocycles. The van der Waals surface area contributed by atoms with Crippen LogP contribution in [-0.4, -0.2) is 23.0 Å². The summed E-state index contributed by atoms with van der Waals surface area (Å²) in [7, 11) is 0. The van der Waals surface area contributed by atoms with Crippen molar-refractivity contribution >= 4 is 11.9 Å². The summed E-state index contributed by atoms with van der Waals surface area (Å²) in [6.45, 7) is 5.25. The zero-order chi connectivity index (χ0) is 14.6. The summed E-state index contributed by atoms with van der Waals surface area (Å²) in [6, 6.07) is 7.00. The molecule has 5 heteroatoms. The Bertz CT molecular complexity index is 452. The zero-order valence-electron chi connectivity index (χ0n) is 11.4. The summed E-state index contributed by atoms with van der Waals surface area (Å²) in [5, 5.41) is 11.6. The molecule has 104 valence electrons. The Labute approximate surface area is 112 Å². The van der Waals surface area contributed by atoms with Gasteiger partial charge in [0.2, 0.25) is 5.91 Å². The third kappa shape index (κ3) is 4.06. The number of carboxylic acids is 1. The van der Waals surface area contributed by atoms with Gasteiger partial charge in [0.1, 0.15) is 12.1 Å². The fraction of sp³-hybridized carbons (Fsp3) is 0.429. The van der Waals surface area contributed by atoms with Crippen LogP contribution in [0.4, 0.5) is 0 Å². The minimum atomic E-state index is -1.07. The molecule has 0 bridgehead atoms. The summed E-state index contributed by atoms with van der Waals surface area (Å²) in [5.41, 5.74) is 5.89. The van der Waals surface area contributed by atoms with Crippen LogP contribution in [0.2, 0.25) is 0 Å². The van der Waals surface area contributed by atoms with Gasteiger partial charge in [-0.3, -0.25) is 4.79 Å². The normalized spacial score (nSPS) is 14.5. The van der Waals surface area contributed by atoms with Crippen LogP contribution in [0.3, 0.4) is 0 Å². The number of hydrogen-bond acceptors (Lipinski definition) is 3. The van der Waals surface area contributed by atoms with Crippen molar-refractivity contribution in [3.63, 3.8) is 0 Å². The summed E-state index contributed by atoms with van der Waals surface area (Å²) in [4.78, 5) is 23.2. The van der Waals surface area contributed by atoms with Crippen molar-refractivity contribution in [2.45, 2.75) is 32.9 Å². The van der Waals surface area contributed by atoms with E-state index in [4.69, 9.17) is 10.8 Å². The van der Waals surface area contributed by atoms with Gasteiger partial charge in [-0.05, 0) is 11.0 Å². The van der Waals surface area contributed by atoms with Crippen LogP contribution in [-0.2, 0) is 9.59 Å². The Morgan fingerprint density at radius 2 is 1.74 bits per heavy atom. The first-order valence-electron chi connectivity index (χ1n) is 6.07. The largest absolute Gasteiger partial charge is 0.480 e. The number of hydrogen-bond donors (Lipinski definition) is 3. The topological polar surface area (TPSA) is 92.4 Å². The SMILES string of the molecule is CC(C)(C)[C@H](NC(=O)[C@@H](N)c1ccccc1)C(=O)O. The van der Waals surface area contributed by atoms with Crippen LogP contribution in [0.5, 0.6) is 0 Å². The van der Waals surface area contributed by atoms with Crippen LogP contribution in [0.1, 0.15) is 32.4 Å². The van der Waals surface area contributed by atoms with Gasteiger partial charge >= 0.3 is 5.97 Å². The fourth-order valence-electron chi connectivity index (χ4n) is 1.69. The number of nitrogens with one attached hydrogen (secondary N) is 1. The van der Waals surface area contributed by atoms with Gasteiger partial charge in [0.05, 0.1) is 0 Å². The van der Waals surface area contributed by atoms with Crippen molar-refractivity contribution in [3.05, 3.63) is 35.9 Å². The average Bonchev–Trinajstić information content (AvgIpc) is 2.34. The molecule has 1 aromatic carbocycles. The minimum Gasteiger partial charge on any atom is -0.480 e. The predicted octanol–water partition coefficient (Wildman–Crippen LogP) is 1.30. The van der Waals surface area contributed by atoms with Crippen molar-refractivity contribution in [3.8, 4) is 0 Å². The van der Waals surface area contributed by atoms with Gasteiger partial charge in [-0.25, -0.2) is 4.79 Å². The maximum Gasteiger partial charge on any atom is 0.326 e. The van der Waals surface area contributed by atoms with Gasteiger partial charge in [-0.1, -0.05) is 51.1 Å². The molecule has 2 atom stereocenters. The summed E-state index contributed by atoms with van der Waals surface area (Å²) in [5.74, 6) is -1.56. The van der Waals surface area contributed by atoms with E-state index in [0.717, 1.165) is 0 Å². The molecule has 0 aliphatic heterocycles. The molecule has 4 N–H and O–H groups in total. The number of benzene rings is 1. The predicted molar refractivity (Wildman–Crippen MR) is 72.4 cm³/mol. The molecule has 0 aromatic heterocycles. The number of carbonyl (C=O) groups excluding carboxylic acids is 1. The van der Waals surface area contributed by atoms with Gasteiger partial charge in [0.15, 0.2) is 0 Å². The lowest BCUT2D eigenvalue weighted by Gasteiger charge is -2.28. The maximum atomic E-state index is 12.0. The lowest BCUT2D eigenvalue weighted by atomic mass is 9.86. The first kappa shape index (κ1) is 15.2. The van der Waals surface area contributed by atoms with Crippen molar-refractivity contribution in [1.82, 2.24) is 5.32 Å². The van der Waals surface area contributed by atoms with Crippen LogP contribution < -0.4 is 11.1 Å². The van der Waals surface area contributed by atoms with Gasteiger partial charge in [0, 0.05) is 0 Å². The highest BCUT2D eigenvalue weighted by molar-refractivity contribution is 5.88. The number of nitrogens with two attached hydrogens (primary N) is 1. The minimum absolute atomic E-state index is 0.492. The van der Waals surface area contributed by atoms with E-state index >= 15 is 0 Å². The smallest absolute Gasteiger partial charge is 0.326 e. The van der Waals surface area contributed by atoms with Crippen molar-refractivity contribution in [1.29, 1.82) is 0 Å². The Morgan fingerprint density at radius 3 is 2.16 bits per heavy atom. The fourth-order valence-corrected chi connectivity index (χ4v) is 1.69. The van der Waals surface area contributed by atoms with E-state index in [1.54, 1.807) is 45.0 Å². The van der Waals surface area contributed by atoms with E-state index in [2.05, 4.69) is 5.32 Å². The van der Waals surface area contributed by atoms with Crippen molar-refractivity contribution in [2.75, 3.05) is 0 Å². The van der Waals surface area contributed by atoms with E-state index in [-0.39, 0.29) is 0 Å². The molecule has 0 saturated heterocycles. The lowest BCUT2D eigenvalue weighted by molar-refractivity contribution is -0.145. The van der Waals surface area contributed by atoms with Gasteiger partial charge < -0.3 is 16.2 Å². The van der Waals surface area contributed by atoms with E-state index in [9.17, 15) is 9.59 Å². The number of carbonyl (C=O) groups is 2. The number of aliphatic carboxylic acids is 1. The Kier molecular flexibility index (Phi) is 4.67. The van der Waals surface area contributed by atoms with Gasteiger partial charge in [-0.15, -0.1) is 0 Å². The number of amides is 1. The first-order valence-corrected chi connectivity index (χ1v) is 6.07. The monoisotopic (exact) mass is 264 g/mol. The lowest BCUT2D eigenvalue weighted by Crippen LogP contribution is -2.51. The molecule has 0 fully saturated rings. The molecule has 0 unspecified atom stereocenters. The molecule has 1 rings (SSSR count). The van der Waals surface area contributed by atoms with E-state index in [1.807, 2.05) is 6.07 Å². The number of carboxylic acid groups (broad SMARTS) is 1. The van der Waals surface area contributed by atoms with Crippen molar-refractivity contribution < 1.29 is 14.7 Å². The molecule has 0 heterocycles. The highest BCUT2D eigenvalue weighted by Crippen LogP contribution is 2.20. The molecule has 5 nitrogen and oxygen atoms in total. The van der Waals surface area contributed by atoms with Crippen molar-refractivity contribution in [2.24, 2.45) is 11.1 Å². The van der Waals surface area contributed by atoms with Crippen LogP contribution in [0.25, 0.3) is 0 Å². The second kappa shape index (κ2) is 5.84. The van der Waals surface area contributed by atoms with Crippen LogP contribution in [0.15, 0.2) is 30.3 Å². The Hall–Kier alpha value is -1.88. The molecule has 1 aromatic rings. The quantitative estimate of drug-likeness (QED) is 0.764. The van der Waals surface area contributed by atoms with E-state index in [1.165, 1.54) is 0 Å². The second-order valence-corrected chi connectivity index (χ2v) is 5.53. The first-order chi connectivity index (χ1) is 8.73. The molecular formula is C14H20N2O3. The maximum absolute atomic E-state index is 12.0. The standard InChI is InChI=1S/C14H20N2O3/c1-14(2,3)11(13(18)19)16-12(17)10(15)9-7-5-4-6-8-9/h4-8,10-11H,15H2,1-3H3,(H,16,17)(H,18,19)/t10-,11+/m0/s1. The number of rotatable bonds is 4. The Morgan fingerprint density at radius 1 is 1.21 bits per heavy atom. The molecule has 19 heavy (non-hydrogen) atoms. The average molecular weight is 264 g/mol. The van der Waals surface area contributed by atoms with Crippen LogP contribution >= 0.6 is 0 Å². The van der Waals surface area contributed by atoms with Gasteiger partial charge in [0.25, 0.3) is 0 Å². The molecule has 1 amide bonds. The molecule has 0 spiro atoms. The molecule has 0 aliphatic rings. The Balaban J connectivity index is 2.81. The summed E-state index contributed by atoms with van der Waals surface area (Å²) >= 11 is 0. The summed E-state index contributed by atoms with van der Waals surface area (Å²) in [6.07, 6.45) is 0. The van der Waals surface area contributed by atoms with E-state index in [0.29, 0.717) is 5.56 Å². The third-order valence-electron chi connectivity index (χ3n) is 2.84. The zero-order valence-corrected chi connectivity index (χ0v) is 11.4. The molecule has 0 radical (unpaired) electrons. The summed E-state index contributed by atoms with van der Waals surface area (Å²) < 4.78 is 0. The van der Waals surface area contributed by atoms with Crippen LogP contribution in [0, 0.1) is 5.41 Å².